The minimum absolute atomic E-state index is 0.180. The fraction of sp³-hybridized carbons (Fsp3) is 0.250. The number of hydrogen-bond donors (Lipinski definition) is 2. The van der Waals surface area contributed by atoms with Crippen molar-refractivity contribution in [3.8, 4) is 11.5 Å². The molecule has 4 nitrogen and oxygen atoms in total. The second kappa shape index (κ2) is 6.93. The number of halogens is 1. The SMILES string of the molecule is COc1ccc(C(NN)c2cc(C)ccc2Br)c(OC)c1. The molecule has 0 heterocycles. The van der Waals surface area contributed by atoms with Gasteiger partial charge in [-0.1, -0.05) is 33.6 Å². The highest BCUT2D eigenvalue weighted by atomic mass is 79.9. The Morgan fingerprint density at radius 2 is 1.81 bits per heavy atom. The minimum atomic E-state index is -0.180. The molecule has 0 spiro atoms. The Hall–Kier alpha value is -1.56. The van der Waals surface area contributed by atoms with E-state index in [0.29, 0.717) is 0 Å². The van der Waals surface area contributed by atoms with Crippen LogP contribution in [0.5, 0.6) is 11.5 Å². The molecule has 1 atom stereocenters. The predicted molar refractivity (Wildman–Crippen MR) is 87.6 cm³/mol. The zero-order chi connectivity index (χ0) is 15.4. The quantitative estimate of drug-likeness (QED) is 0.641. The van der Waals surface area contributed by atoms with Crippen molar-refractivity contribution in [1.29, 1.82) is 0 Å². The van der Waals surface area contributed by atoms with Crippen LogP contribution >= 0.6 is 15.9 Å². The fourth-order valence-electron chi connectivity index (χ4n) is 2.29. The molecule has 2 rings (SSSR count). The second-order valence-corrected chi connectivity index (χ2v) is 5.59. The van der Waals surface area contributed by atoms with Crippen LogP contribution in [0.4, 0.5) is 0 Å². The molecule has 21 heavy (non-hydrogen) atoms. The molecule has 0 saturated carbocycles. The van der Waals surface area contributed by atoms with Crippen LogP contribution in [-0.2, 0) is 0 Å². The van der Waals surface area contributed by atoms with Gasteiger partial charge >= 0.3 is 0 Å². The highest BCUT2D eigenvalue weighted by molar-refractivity contribution is 9.10. The van der Waals surface area contributed by atoms with Gasteiger partial charge in [-0.25, -0.2) is 5.43 Å². The van der Waals surface area contributed by atoms with E-state index < -0.39 is 0 Å². The minimum Gasteiger partial charge on any atom is -0.497 e. The molecule has 5 heteroatoms. The average Bonchev–Trinajstić information content (AvgIpc) is 2.51. The number of ether oxygens (including phenoxy) is 2. The zero-order valence-electron chi connectivity index (χ0n) is 12.3. The summed E-state index contributed by atoms with van der Waals surface area (Å²) in [6.45, 7) is 2.05. The Labute approximate surface area is 133 Å². The van der Waals surface area contributed by atoms with Crippen molar-refractivity contribution in [2.24, 2.45) is 5.84 Å². The first-order valence-electron chi connectivity index (χ1n) is 6.54. The van der Waals surface area contributed by atoms with Crippen LogP contribution in [0.1, 0.15) is 22.7 Å². The molecule has 0 saturated heterocycles. The molecule has 3 N–H and O–H groups in total. The summed E-state index contributed by atoms with van der Waals surface area (Å²) in [4.78, 5) is 0. The molecule has 1 unspecified atom stereocenters. The lowest BCUT2D eigenvalue weighted by atomic mass is 9.97. The molecule has 0 amide bonds. The molecule has 0 aliphatic rings. The number of nitrogens with one attached hydrogen (secondary N) is 1. The standard InChI is InChI=1S/C16H19BrN2O2/c1-10-4-7-14(17)13(8-10)16(19-18)12-6-5-11(20-2)9-15(12)21-3/h4-9,16,19H,18H2,1-3H3. The summed E-state index contributed by atoms with van der Waals surface area (Å²) in [5.74, 6) is 7.26. The maximum atomic E-state index is 5.79. The number of hydrazine groups is 1. The summed E-state index contributed by atoms with van der Waals surface area (Å²) >= 11 is 3.58. The summed E-state index contributed by atoms with van der Waals surface area (Å²) < 4.78 is 11.7. The van der Waals surface area contributed by atoms with Gasteiger partial charge in [0.05, 0.1) is 20.3 Å². The van der Waals surface area contributed by atoms with Crippen molar-refractivity contribution < 1.29 is 9.47 Å². The predicted octanol–water partition coefficient (Wildman–Crippen LogP) is 3.33. The van der Waals surface area contributed by atoms with E-state index >= 15 is 0 Å². The molecular formula is C16H19BrN2O2. The maximum absolute atomic E-state index is 5.79. The lowest BCUT2D eigenvalue weighted by Gasteiger charge is -2.21. The number of rotatable bonds is 5. The van der Waals surface area contributed by atoms with E-state index in [1.165, 1.54) is 5.56 Å². The number of methoxy groups -OCH3 is 2. The fourth-order valence-corrected chi connectivity index (χ4v) is 2.76. The first kappa shape index (κ1) is 15.8. The average molecular weight is 351 g/mol. The van der Waals surface area contributed by atoms with Crippen LogP contribution in [0, 0.1) is 6.92 Å². The van der Waals surface area contributed by atoms with Gasteiger partial charge in [-0.3, -0.25) is 5.84 Å². The maximum Gasteiger partial charge on any atom is 0.127 e. The van der Waals surface area contributed by atoms with Gasteiger partial charge < -0.3 is 9.47 Å². The number of aryl methyl sites for hydroxylation is 1. The third kappa shape index (κ3) is 3.37. The van der Waals surface area contributed by atoms with Crippen LogP contribution in [0.15, 0.2) is 40.9 Å². The lowest BCUT2D eigenvalue weighted by molar-refractivity contribution is 0.387. The van der Waals surface area contributed by atoms with Crippen LogP contribution in [0.3, 0.4) is 0 Å². The van der Waals surface area contributed by atoms with Gasteiger partial charge in [0.15, 0.2) is 0 Å². The topological polar surface area (TPSA) is 56.5 Å². The van der Waals surface area contributed by atoms with Gasteiger partial charge in [-0.05, 0) is 30.7 Å². The van der Waals surface area contributed by atoms with Crippen LogP contribution in [0.2, 0.25) is 0 Å². The summed E-state index contributed by atoms with van der Waals surface area (Å²) in [5, 5.41) is 0. The van der Waals surface area contributed by atoms with E-state index in [2.05, 4.69) is 34.3 Å². The van der Waals surface area contributed by atoms with Crippen molar-refractivity contribution in [2.45, 2.75) is 13.0 Å². The van der Waals surface area contributed by atoms with Gasteiger partial charge in [0.25, 0.3) is 0 Å². The first-order valence-corrected chi connectivity index (χ1v) is 7.34. The molecule has 2 aromatic rings. The van der Waals surface area contributed by atoms with Crippen molar-refractivity contribution in [3.05, 3.63) is 57.6 Å². The summed E-state index contributed by atoms with van der Waals surface area (Å²) in [5.41, 5.74) is 6.04. The van der Waals surface area contributed by atoms with Gasteiger partial charge in [0, 0.05) is 16.1 Å². The van der Waals surface area contributed by atoms with Gasteiger partial charge in [0.1, 0.15) is 11.5 Å². The molecule has 0 aliphatic heterocycles. The van der Waals surface area contributed by atoms with Crippen molar-refractivity contribution >= 4 is 15.9 Å². The number of benzene rings is 2. The summed E-state index contributed by atoms with van der Waals surface area (Å²) in [6, 6.07) is 11.7. The largest absolute Gasteiger partial charge is 0.497 e. The van der Waals surface area contributed by atoms with E-state index in [0.717, 1.165) is 27.1 Å². The Balaban J connectivity index is 2.53. The van der Waals surface area contributed by atoms with Crippen LogP contribution in [-0.4, -0.2) is 14.2 Å². The Morgan fingerprint density at radius 1 is 1.05 bits per heavy atom. The zero-order valence-corrected chi connectivity index (χ0v) is 13.9. The molecule has 0 aromatic heterocycles. The first-order chi connectivity index (χ1) is 10.1. The van der Waals surface area contributed by atoms with E-state index in [4.69, 9.17) is 15.3 Å². The van der Waals surface area contributed by atoms with E-state index in [1.807, 2.05) is 30.3 Å². The smallest absolute Gasteiger partial charge is 0.127 e. The summed E-state index contributed by atoms with van der Waals surface area (Å²) in [6.07, 6.45) is 0. The Kier molecular flexibility index (Phi) is 5.22. The van der Waals surface area contributed by atoms with Gasteiger partial charge in [-0.2, -0.15) is 0 Å². The Bertz CT molecular complexity index is 632. The number of nitrogens with two attached hydrogens (primary N) is 1. The highest BCUT2D eigenvalue weighted by Gasteiger charge is 2.20. The molecule has 0 radical (unpaired) electrons. The van der Waals surface area contributed by atoms with Crippen molar-refractivity contribution in [1.82, 2.24) is 5.43 Å². The molecule has 2 aromatic carbocycles. The van der Waals surface area contributed by atoms with Crippen LogP contribution < -0.4 is 20.7 Å². The highest BCUT2D eigenvalue weighted by Crippen LogP contribution is 2.35. The van der Waals surface area contributed by atoms with Crippen molar-refractivity contribution in [3.63, 3.8) is 0 Å². The van der Waals surface area contributed by atoms with Crippen LogP contribution in [0.25, 0.3) is 0 Å². The molecule has 112 valence electrons. The molecule has 0 aliphatic carbocycles. The lowest BCUT2D eigenvalue weighted by Crippen LogP contribution is -2.29. The Morgan fingerprint density at radius 3 is 2.43 bits per heavy atom. The third-order valence-corrected chi connectivity index (χ3v) is 4.10. The second-order valence-electron chi connectivity index (χ2n) is 4.73. The summed E-state index contributed by atoms with van der Waals surface area (Å²) in [7, 11) is 3.27. The van der Waals surface area contributed by atoms with Gasteiger partial charge in [0.2, 0.25) is 0 Å². The molecule has 0 bridgehead atoms. The third-order valence-electron chi connectivity index (χ3n) is 3.38. The monoisotopic (exact) mass is 350 g/mol. The molecule has 0 fully saturated rings. The van der Waals surface area contributed by atoms with E-state index in [1.54, 1.807) is 14.2 Å². The van der Waals surface area contributed by atoms with Gasteiger partial charge in [-0.15, -0.1) is 0 Å². The normalized spacial score (nSPS) is 12.0. The molecular weight excluding hydrogens is 332 g/mol. The van der Waals surface area contributed by atoms with Crippen molar-refractivity contribution in [2.75, 3.05) is 14.2 Å². The van der Waals surface area contributed by atoms with E-state index in [9.17, 15) is 0 Å². The number of hydrogen-bond acceptors (Lipinski definition) is 4. The van der Waals surface area contributed by atoms with E-state index in [-0.39, 0.29) is 6.04 Å².